The highest BCUT2D eigenvalue weighted by atomic mass is 35.5. The van der Waals surface area contributed by atoms with Crippen LogP contribution in [0.1, 0.15) is 6.04 Å². The second kappa shape index (κ2) is 7.06. The van der Waals surface area contributed by atoms with Crippen LogP contribution in [-0.4, -0.2) is 45.7 Å². The summed E-state index contributed by atoms with van der Waals surface area (Å²) in [5, 5.41) is 8.64. The number of benzene rings is 2. The van der Waals surface area contributed by atoms with Crippen LogP contribution in [0.4, 0.5) is 26.3 Å². The smallest absolute Gasteiger partial charge is 0.376 e. The Morgan fingerprint density at radius 3 is 2.25 bits per heavy atom. The molecule has 1 fully saturated rings. The molecule has 4 aromatic rings. The number of hydrogen-bond acceptors (Lipinski definition) is 5. The number of nitrogens with zero attached hydrogens (tertiary/aromatic N) is 2. The molecule has 1 aliphatic carbocycles. The van der Waals surface area contributed by atoms with Crippen molar-refractivity contribution in [2.75, 3.05) is 0 Å². The number of H-pyrrole nitrogens is 1. The van der Waals surface area contributed by atoms with Crippen molar-refractivity contribution in [1.82, 2.24) is 14.3 Å². The van der Waals surface area contributed by atoms with Gasteiger partial charge in [0.2, 0.25) is 9.84 Å². The van der Waals surface area contributed by atoms with Crippen molar-refractivity contribution in [2.24, 2.45) is 0 Å². The lowest BCUT2D eigenvalue weighted by molar-refractivity contribution is -0.425. The number of alkyl halides is 6. The third-order valence-corrected chi connectivity index (χ3v) is 8.15. The molecule has 0 saturated heterocycles. The molecular formula is C20H10ClF6N3O5S. The minimum absolute atomic E-state index is 0.00620. The second-order valence-corrected chi connectivity index (χ2v) is 10.3. The van der Waals surface area contributed by atoms with E-state index in [1.54, 1.807) is 0 Å². The van der Waals surface area contributed by atoms with Crippen LogP contribution in [0.3, 0.4) is 0 Å². The van der Waals surface area contributed by atoms with E-state index in [9.17, 15) is 49.6 Å². The lowest BCUT2D eigenvalue weighted by Crippen LogP contribution is -2.74. The van der Waals surface area contributed by atoms with Crippen LogP contribution in [0.5, 0.6) is 0 Å². The molecule has 1 aliphatic rings. The first-order chi connectivity index (χ1) is 16.5. The third-order valence-electron chi connectivity index (χ3n) is 6.04. The molecule has 2 aromatic heterocycles. The van der Waals surface area contributed by atoms with Gasteiger partial charge in [0.15, 0.2) is 6.04 Å². The molecule has 0 aliphatic heterocycles. The van der Waals surface area contributed by atoms with Crippen LogP contribution >= 0.6 is 11.6 Å². The van der Waals surface area contributed by atoms with E-state index in [1.165, 1.54) is 0 Å². The van der Waals surface area contributed by atoms with Gasteiger partial charge in [-0.3, -0.25) is 4.79 Å². The third kappa shape index (κ3) is 2.80. The molecular weight excluding hydrogens is 544 g/mol. The van der Waals surface area contributed by atoms with Crippen molar-refractivity contribution in [3.8, 4) is 0 Å². The zero-order chi connectivity index (χ0) is 26.6. The van der Waals surface area contributed by atoms with Crippen LogP contribution in [0.15, 0.2) is 62.0 Å². The van der Waals surface area contributed by atoms with Crippen molar-refractivity contribution in [3.05, 3.63) is 68.5 Å². The van der Waals surface area contributed by atoms with Crippen LogP contribution in [-0.2, 0) is 9.84 Å². The molecule has 16 heteroatoms. The summed E-state index contributed by atoms with van der Waals surface area (Å²) in [5.41, 5.74) is -3.84. The van der Waals surface area contributed by atoms with Gasteiger partial charge in [0.25, 0.3) is 5.56 Å². The summed E-state index contributed by atoms with van der Waals surface area (Å²) in [7, 11) is -4.70. The quantitative estimate of drug-likeness (QED) is 0.296. The summed E-state index contributed by atoms with van der Waals surface area (Å²) in [6.07, 6.45) is 0.710. The Hall–Kier alpha value is -3.46. The SMILES string of the molecule is O=c1[nH]c2c(S(=O)(=O)c3ccc4ccn(C5C(F)(F)C(F)(F)C5(F)F)c4c3)ccc(Cl)c2c(=O)n1O. The van der Waals surface area contributed by atoms with Crippen LogP contribution in [0, 0.1) is 0 Å². The van der Waals surface area contributed by atoms with Gasteiger partial charge < -0.3 is 14.8 Å². The maximum atomic E-state index is 14.0. The summed E-state index contributed by atoms with van der Waals surface area (Å²) in [6, 6.07) is 2.45. The van der Waals surface area contributed by atoms with Gasteiger partial charge in [0, 0.05) is 11.7 Å². The van der Waals surface area contributed by atoms with Crippen molar-refractivity contribution in [3.63, 3.8) is 0 Å². The molecule has 36 heavy (non-hydrogen) atoms. The first kappa shape index (κ1) is 24.2. The van der Waals surface area contributed by atoms with Crippen molar-refractivity contribution >= 4 is 43.2 Å². The van der Waals surface area contributed by atoms with Gasteiger partial charge >= 0.3 is 23.5 Å². The number of aromatic nitrogens is 3. The van der Waals surface area contributed by atoms with E-state index < -0.39 is 71.1 Å². The second-order valence-electron chi connectivity index (χ2n) is 8.01. The minimum Gasteiger partial charge on any atom is -0.421 e. The molecule has 0 spiro atoms. The summed E-state index contributed by atoms with van der Waals surface area (Å²) >= 11 is 5.92. The Bertz CT molecular complexity index is 1810. The number of hydrogen-bond donors (Lipinski definition) is 2. The predicted molar refractivity (Wildman–Crippen MR) is 112 cm³/mol. The Morgan fingerprint density at radius 2 is 1.61 bits per heavy atom. The average Bonchev–Trinajstić information content (AvgIpc) is 3.19. The van der Waals surface area contributed by atoms with E-state index in [4.69, 9.17) is 11.6 Å². The predicted octanol–water partition coefficient (Wildman–Crippen LogP) is 3.83. The molecule has 0 amide bonds. The highest BCUT2D eigenvalue weighted by molar-refractivity contribution is 7.91. The van der Waals surface area contributed by atoms with E-state index in [-0.39, 0.29) is 19.7 Å². The summed E-state index contributed by atoms with van der Waals surface area (Å²) in [5.74, 6) is -15.9. The molecule has 0 unspecified atom stereocenters. The maximum absolute atomic E-state index is 14.0. The number of nitrogens with one attached hydrogen (secondary N) is 1. The van der Waals surface area contributed by atoms with Gasteiger partial charge in [-0.1, -0.05) is 22.4 Å². The number of sulfone groups is 1. The van der Waals surface area contributed by atoms with Crippen LogP contribution < -0.4 is 11.2 Å². The molecule has 2 N–H and O–H groups in total. The first-order valence-corrected chi connectivity index (χ1v) is 11.6. The highest BCUT2D eigenvalue weighted by Crippen LogP contribution is 2.67. The lowest BCUT2D eigenvalue weighted by atomic mass is 9.78. The topological polar surface area (TPSA) is 114 Å². The summed E-state index contributed by atoms with van der Waals surface area (Å²) in [4.78, 5) is 24.8. The fraction of sp³-hybridized carbons (Fsp3) is 0.200. The fourth-order valence-corrected chi connectivity index (χ4v) is 5.86. The van der Waals surface area contributed by atoms with Gasteiger partial charge in [-0.2, -0.15) is 26.3 Å². The minimum atomic E-state index is -5.61. The molecule has 8 nitrogen and oxygen atoms in total. The molecule has 5 rings (SSSR count). The monoisotopic (exact) mass is 553 g/mol. The number of halogens is 7. The highest BCUT2D eigenvalue weighted by Gasteiger charge is 2.91. The Morgan fingerprint density at radius 1 is 0.972 bits per heavy atom. The molecule has 0 bridgehead atoms. The summed E-state index contributed by atoms with van der Waals surface area (Å²) in [6.45, 7) is 0. The normalized spacial score (nSPS) is 19.0. The van der Waals surface area contributed by atoms with E-state index in [0.717, 1.165) is 36.4 Å². The van der Waals surface area contributed by atoms with E-state index in [0.29, 0.717) is 6.20 Å². The van der Waals surface area contributed by atoms with Gasteiger partial charge in [-0.05, 0) is 35.7 Å². The van der Waals surface area contributed by atoms with Gasteiger partial charge in [0.05, 0.1) is 25.7 Å². The standard InChI is InChI=1S/C20H10ClF6N3O5S/c21-10-3-4-12(14-13(10)15(31)30(33)17(32)28-14)36(34,35)9-2-1-8-5-6-29(11(8)7-9)16-18(22,23)20(26,27)19(16,24)25/h1-7,16,33H,(H,28,32). The zero-order valence-corrected chi connectivity index (χ0v) is 18.7. The van der Waals surface area contributed by atoms with E-state index in [1.807, 2.05) is 4.98 Å². The van der Waals surface area contributed by atoms with Crippen molar-refractivity contribution in [1.29, 1.82) is 0 Å². The lowest BCUT2D eigenvalue weighted by Gasteiger charge is -2.50. The molecule has 2 aromatic carbocycles. The first-order valence-electron chi connectivity index (χ1n) is 9.71. The Kier molecular flexibility index (Phi) is 4.76. The number of aromatic amines is 1. The largest absolute Gasteiger partial charge is 0.421 e. The van der Waals surface area contributed by atoms with Crippen LogP contribution in [0.25, 0.3) is 21.8 Å². The maximum Gasteiger partial charge on any atom is 0.376 e. The molecule has 0 radical (unpaired) electrons. The average molecular weight is 554 g/mol. The zero-order valence-electron chi connectivity index (χ0n) is 17.1. The van der Waals surface area contributed by atoms with Gasteiger partial charge in [-0.25, -0.2) is 13.2 Å². The molecule has 1 saturated carbocycles. The number of rotatable bonds is 3. The van der Waals surface area contributed by atoms with Crippen LogP contribution in [0.2, 0.25) is 5.02 Å². The molecule has 0 atom stereocenters. The van der Waals surface area contributed by atoms with E-state index in [2.05, 4.69) is 0 Å². The molecule has 2 heterocycles. The van der Waals surface area contributed by atoms with Crippen molar-refractivity contribution in [2.45, 2.75) is 33.6 Å². The molecule has 190 valence electrons. The Balaban J connectivity index is 1.73. The number of fused-ring (bicyclic) bond motifs is 2. The fourth-order valence-electron chi connectivity index (χ4n) is 4.19. The van der Waals surface area contributed by atoms with E-state index >= 15 is 0 Å². The Labute approximate surface area is 199 Å². The summed E-state index contributed by atoms with van der Waals surface area (Å²) < 4.78 is 110. The van der Waals surface area contributed by atoms with Gasteiger partial charge in [0.1, 0.15) is 0 Å². The van der Waals surface area contributed by atoms with Gasteiger partial charge in [-0.15, -0.1) is 0 Å². The van der Waals surface area contributed by atoms with Crippen molar-refractivity contribution < 1.29 is 40.0 Å².